The molecule has 69 heavy (non-hydrogen) atoms. The van der Waals surface area contributed by atoms with E-state index < -0.39 is 62.9 Å². The number of aryl methyl sites for hydroxylation is 2. The van der Waals surface area contributed by atoms with E-state index >= 15 is 0 Å². The van der Waals surface area contributed by atoms with Crippen molar-refractivity contribution in [3.8, 4) is 28.7 Å². The van der Waals surface area contributed by atoms with E-state index in [1.165, 1.54) is 42.5 Å². The van der Waals surface area contributed by atoms with Crippen molar-refractivity contribution in [2.75, 3.05) is 0 Å². The van der Waals surface area contributed by atoms with Gasteiger partial charge in [0.05, 0.1) is 5.56 Å². The van der Waals surface area contributed by atoms with Gasteiger partial charge in [0, 0.05) is 46.7 Å². The fraction of sp³-hybridized carbons (Fsp3) is 0.491. The molecule has 0 bridgehead atoms. The van der Waals surface area contributed by atoms with Crippen molar-refractivity contribution >= 4 is 30.0 Å². The summed E-state index contributed by atoms with van der Waals surface area (Å²) in [6.07, 6.45) is -0.837. The number of phenols is 1. The number of ketones is 1. The van der Waals surface area contributed by atoms with Crippen LogP contribution in [0.4, 0.5) is 9.59 Å². The zero-order chi connectivity index (χ0) is 52.2. The number of aromatic hydroxyl groups is 1. The Hall–Kier alpha value is -6.17. The van der Waals surface area contributed by atoms with Gasteiger partial charge in [0.2, 0.25) is 0 Å². The molecule has 4 aromatic carbocycles. The number of carbonyl (C=O) groups excluding carboxylic acids is 5. The first-order valence-corrected chi connectivity index (χ1v) is 23.5. The van der Waals surface area contributed by atoms with Gasteiger partial charge in [-0.25, -0.2) is 9.59 Å². The second-order valence-corrected chi connectivity index (χ2v) is 23.7. The van der Waals surface area contributed by atoms with Crippen LogP contribution in [0, 0.1) is 0 Å². The largest absolute Gasteiger partial charge is 0.514 e. The molecule has 0 heterocycles. The lowest BCUT2D eigenvalue weighted by Crippen LogP contribution is -2.28. The van der Waals surface area contributed by atoms with E-state index in [9.17, 15) is 29.1 Å². The summed E-state index contributed by atoms with van der Waals surface area (Å²) in [7, 11) is 0. The molecule has 12 heteroatoms. The average molecular weight is 951 g/mol. The van der Waals surface area contributed by atoms with Crippen molar-refractivity contribution in [3.05, 3.63) is 111 Å². The summed E-state index contributed by atoms with van der Waals surface area (Å²) < 4.78 is 33.9. The van der Waals surface area contributed by atoms with E-state index in [4.69, 9.17) is 28.4 Å². The van der Waals surface area contributed by atoms with Gasteiger partial charge in [-0.05, 0) is 124 Å². The molecular weight excluding hydrogens is 877 g/mol. The zero-order valence-corrected chi connectivity index (χ0v) is 44.1. The Morgan fingerprint density at radius 3 is 1.09 bits per heavy atom. The fourth-order valence-electron chi connectivity index (χ4n) is 7.28. The number of hydrogen-bond donors (Lipinski definition) is 1. The van der Waals surface area contributed by atoms with Crippen molar-refractivity contribution in [1.82, 2.24) is 0 Å². The normalized spacial score (nSPS) is 12.5. The van der Waals surface area contributed by atoms with Gasteiger partial charge in [0.25, 0.3) is 0 Å². The molecular formula is C57H74O12. The van der Waals surface area contributed by atoms with E-state index in [1.807, 2.05) is 107 Å². The highest BCUT2D eigenvalue weighted by molar-refractivity contribution is 6.10. The molecule has 12 nitrogen and oxygen atoms in total. The highest BCUT2D eigenvalue weighted by atomic mass is 16.7. The van der Waals surface area contributed by atoms with Crippen molar-refractivity contribution in [1.29, 1.82) is 0 Å². The number of rotatable bonds is 12. The van der Waals surface area contributed by atoms with Gasteiger partial charge in [-0.2, -0.15) is 0 Å². The summed E-state index contributed by atoms with van der Waals surface area (Å²) in [6, 6.07) is 17.8. The Bertz CT molecular complexity index is 2470. The minimum atomic E-state index is -0.796. The molecule has 0 fully saturated rings. The summed E-state index contributed by atoms with van der Waals surface area (Å²) in [6.45, 7) is 34.9. The maximum atomic E-state index is 13.5. The van der Waals surface area contributed by atoms with Crippen LogP contribution in [0.2, 0.25) is 0 Å². The molecule has 1 N–H and O–H groups in total. The van der Waals surface area contributed by atoms with Crippen molar-refractivity contribution in [3.63, 3.8) is 0 Å². The minimum Gasteiger partial charge on any atom is -0.507 e. The topological polar surface area (TPSA) is 161 Å². The van der Waals surface area contributed by atoms with Crippen molar-refractivity contribution in [2.45, 2.75) is 183 Å². The molecule has 4 aromatic rings. The van der Waals surface area contributed by atoms with E-state index in [-0.39, 0.29) is 41.2 Å². The maximum Gasteiger partial charge on any atom is 0.514 e. The zero-order valence-electron chi connectivity index (χ0n) is 44.1. The van der Waals surface area contributed by atoms with Crippen LogP contribution in [0.1, 0.15) is 187 Å². The monoisotopic (exact) mass is 951 g/mol. The average Bonchev–Trinajstić information content (AvgIpc) is 3.16. The van der Waals surface area contributed by atoms with Crippen LogP contribution in [0.25, 0.3) is 0 Å². The Morgan fingerprint density at radius 2 is 0.768 bits per heavy atom. The lowest BCUT2D eigenvalue weighted by atomic mass is 9.78. The predicted molar refractivity (Wildman–Crippen MR) is 267 cm³/mol. The fourth-order valence-corrected chi connectivity index (χ4v) is 7.28. The minimum absolute atomic E-state index is 0.00791. The first-order valence-electron chi connectivity index (χ1n) is 23.5. The van der Waals surface area contributed by atoms with Crippen LogP contribution in [-0.2, 0) is 53.6 Å². The highest BCUT2D eigenvalue weighted by Crippen LogP contribution is 2.43. The number of benzene rings is 4. The smallest absolute Gasteiger partial charge is 0.507 e. The van der Waals surface area contributed by atoms with E-state index in [2.05, 4.69) is 0 Å². The Kier molecular flexibility index (Phi) is 16.7. The quantitative estimate of drug-likeness (QED) is 0.0620. The third kappa shape index (κ3) is 16.2. The molecule has 0 aromatic heterocycles. The second kappa shape index (κ2) is 20.8. The molecule has 4 rings (SSSR count). The van der Waals surface area contributed by atoms with Gasteiger partial charge >= 0.3 is 24.2 Å². The summed E-state index contributed by atoms with van der Waals surface area (Å²) in [4.78, 5) is 65.4. The molecule has 0 amide bonds. The highest BCUT2D eigenvalue weighted by Gasteiger charge is 2.33. The third-order valence-corrected chi connectivity index (χ3v) is 10.7. The summed E-state index contributed by atoms with van der Waals surface area (Å²) in [5.41, 5.74) is 2.02. The van der Waals surface area contributed by atoms with Crippen LogP contribution in [0.3, 0.4) is 0 Å². The molecule has 0 atom stereocenters. The van der Waals surface area contributed by atoms with Crippen LogP contribution < -0.4 is 18.9 Å². The molecule has 0 aliphatic carbocycles. The van der Waals surface area contributed by atoms with E-state index in [0.717, 1.165) is 33.4 Å². The lowest BCUT2D eigenvalue weighted by Gasteiger charge is -2.30. The summed E-state index contributed by atoms with van der Waals surface area (Å²) >= 11 is 0. The maximum absolute atomic E-state index is 13.5. The number of esters is 2. The third-order valence-electron chi connectivity index (χ3n) is 10.7. The van der Waals surface area contributed by atoms with E-state index in [0.29, 0.717) is 24.3 Å². The van der Waals surface area contributed by atoms with E-state index in [1.54, 1.807) is 41.5 Å². The van der Waals surface area contributed by atoms with Crippen LogP contribution in [0.15, 0.2) is 66.7 Å². The number of phenolic OH excluding ortho intramolecular Hbond substituents is 1. The van der Waals surface area contributed by atoms with Crippen molar-refractivity contribution < 1.29 is 57.5 Å². The predicted octanol–water partition coefficient (Wildman–Crippen LogP) is 13.5. The first-order chi connectivity index (χ1) is 31.4. The number of carbonyl (C=O) groups is 5. The second-order valence-electron chi connectivity index (χ2n) is 23.7. The Balaban J connectivity index is 1.41. The molecule has 0 spiro atoms. The molecule has 0 aliphatic heterocycles. The first kappa shape index (κ1) is 55.4. The van der Waals surface area contributed by atoms with Crippen LogP contribution >= 0.6 is 0 Å². The molecule has 0 saturated heterocycles. The van der Waals surface area contributed by atoms with Crippen molar-refractivity contribution in [2.24, 2.45) is 0 Å². The molecule has 0 radical (unpaired) electrons. The molecule has 0 aliphatic rings. The van der Waals surface area contributed by atoms with Gasteiger partial charge in [0.1, 0.15) is 39.9 Å². The number of ether oxygens (including phenoxy) is 6. The van der Waals surface area contributed by atoms with Gasteiger partial charge in [-0.3, -0.25) is 14.4 Å². The van der Waals surface area contributed by atoms with Crippen LogP contribution in [0.5, 0.6) is 28.7 Å². The van der Waals surface area contributed by atoms with Gasteiger partial charge in [-0.1, -0.05) is 107 Å². The Labute approximate surface area is 409 Å². The standard InChI is InChI=1S/C57H74O12/c1-52(2,3)40-29-34(30-41(53(4,5)6)48(40)66-50(62)68-56(13,14)15)19-27-45(59)64-37-23-21-36(22-24-37)47(61)39-26-25-38(33-44(39)58)65-46(60)28-20-35-31-42(54(7,8)9)49(43(32-35)55(10,11)12)67-51(63)69-57(16,17)18/h21-26,29-33,58H,19-20,27-28H2,1-18H3. The van der Waals surface area contributed by atoms with Crippen LogP contribution in [-0.4, -0.2) is 46.3 Å². The molecule has 374 valence electrons. The summed E-state index contributed by atoms with van der Waals surface area (Å²) in [5, 5.41) is 10.9. The van der Waals surface area contributed by atoms with Gasteiger partial charge < -0.3 is 33.5 Å². The SMILES string of the molecule is CC(C)(C)OC(=O)Oc1c(C(C)(C)C)cc(CCC(=O)Oc2ccc(C(=O)c3ccc(OC(=O)CCc4cc(C(C)(C)C)c(OC(=O)OC(C)(C)C)c(C(C)(C)C)c4)cc3O)cc2)cc1C(C)(C)C. The number of hydrogen-bond acceptors (Lipinski definition) is 12. The lowest BCUT2D eigenvalue weighted by molar-refractivity contribution is -0.135. The summed E-state index contributed by atoms with van der Waals surface area (Å²) in [5.74, 6) is -0.700. The van der Waals surface area contributed by atoms with Gasteiger partial charge in [0.15, 0.2) is 5.78 Å². The Morgan fingerprint density at radius 1 is 0.435 bits per heavy atom. The van der Waals surface area contributed by atoms with Gasteiger partial charge in [-0.15, -0.1) is 0 Å². The molecule has 0 saturated carbocycles. The molecule has 0 unspecified atom stereocenters.